The number of piperidine rings is 1. The number of carbonyl (C=O) groups is 1. The fourth-order valence-corrected chi connectivity index (χ4v) is 3.00. The SMILES string of the molecule is CCC1CCCCN1c1ccc(Br)cc1C=O. The molecule has 0 aromatic heterocycles. The quantitative estimate of drug-likeness (QED) is 0.785. The maximum atomic E-state index is 11.2. The van der Waals surface area contributed by atoms with Crippen molar-refractivity contribution in [2.45, 2.75) is 38.6 Å². The minimum Gasteiger partial charge on any atom is -0.368 e. The number of aldehydes is 1. The van der Waals surface area contributed by atoms with Gasteiger partial charge < -0.3 is 4.90 Å². The number of hydrogen-bond acceptors (Lipinski definition) is 2. The summed E-state index contributed by atoms with van der Waals surface area (Å²) in [5, 5.41) is 0. The molecule has 92 valence electrons. The number of hydrogen-bond donors (Lipinski definition) is 0. The summed E-state index contributed by atoms with van der Waals surface area (Å²) in [4.78, 5) is 13.6. The third-order valence-corrected chi connectivity index (χ3v) is 4.02. The lowest BCUT2D eigenvalue weighted by Crippen LogP contribution is -2.39. The largest absolute Gasteiger partial charge is 0.368 e. The molecule has 1 heterocycles. The average molecular weight is 296 g/mol. The Morgan fingerprint density at radius 1 is 1.47 bits per heavy atom. The standard InChI is InChI=1S/C14H18BrNO/c1-2-13-5-3-4-8-16(13)14-7-6-12(15)9-11(14)10-17/h6-7,9-10,13H,2-5,8H2,1H3. The van der Waals surface area contributed by atoms with Crippen molar-refractivity contribution < 1.29 is 4.79 Å². The Labute approximate surface area is 111 Å². The van der Waals surface area contributed by atoms with Gasteiger partial charge in [0.05, 0.1) is 0 Å². The second kappa shape index (κ2) is 5.67. The minimum absolute atomic E-state index is 0.587. The molecule has 17 heavy (non-hydrogen) atoms. The lowest BCUT2D eigenvalue weighted by molar-refractivity contribution is 0.112. The Morgan fingerprint density at radius 2 is 2.29 bits per heavy atom. The fraction of sp³-hybridized carbons (Fsp3) is 0.500. The predicted molar refractivity (Wildman–Crippen MR) is 74.8 cm³/mol. The summed E-state index contributed by atoms with van der Waals surface area (Å²) in [5.41, 5.74) is 1.88. The van der Waals surface area contributed by atoms with Crippen molar-refractivity contribution in [2.24, 2.45) is 0 Å². The van der Waals surface area contributed by atoms with Crippen molar-refractivity contribution in [3.8, 4) is 0 Å². The van der Waals surface area contributed by atoms with Crippen molar-refractivity contribution in [3.05, 3.63) is 28.2 Å². The first kappa shape index (κ1) is 12.6. The van der Waals surface area contributed by atoms with E-state index >= 15 is 0 Å². The van der Waals surface area contributed by atoms with E-state index in [2.05, 4.69) is 33.8 Å². The van der Waals surface area contributed by atoms with E-state index in [1.54, 1.807) is 0 Å². The molecule has 1 aromatic rings. The second-order valence-corrected chi connectivity index (χ2v) is 5.49. The fourth-order valence-electron chi connectivity index (χ4n) is 2.62. The van der Waals surface area contributed by atoms with Crippen LogP contribution in [-0.4, -0.2) is 18.9 Å². The molecule has 0 amide bonds. The monoisotopic (exact) mass is 295 g/mol. The van der Waals surface area contributed by atoms with E-state index in [0.717, 1.165) is 35.0 Å². The van der Waals surface area contributed by atoms with Crippen LogP contribution in [0.1, 0.15) is 43.0 Å². The first-order valence-corrected chi connectivity index (χ1v) is 7.07. The van der Waals surface area contributed by atoms with Crippen molar-refractivity contribution in [1.82, 2.24) is 0 Å². The van der Waals surface area contributed by atoms with Gasteiger partial charge in [-0.1, -0.05) is 22.9 Å². The highest BCUT2D eigenvalue weighted by atomic mass is 79.9. The van der Waals surface area contributed by atoms with Gasteiger partial charge in [-0.25, -0.2) is 0 Å². The number of rotatable bonds is 3. The number of nitrogens with zero attached hydrogens (tertiary/aromatic N) is 1. The van der Waals surface area contributed by atoms with E-state index in [0.29, 0.717) is 6.04 Å². The van der Waals surface area contributed by atoms with Crippen LogP contribution >= 0.6 is 15.9 Å². The maximum absolute atomic E-state index is 11.2. The highest BCUT2D eigenvalue weighted by Gasteiger charge is 2.22. The van der Waals surface area contributed by atoms with Gasteiger partial charge in [-0.2, -0.15) is 0 Å². The molecule has 0 aliphatic carbocycles. The number of halogens is 1. The molecule has 3 heteroatoms. The second-order valence-electron chi connectivity index (χ2n) is 4.57. The third-order valence-electron chi connectivity index (χ3n) is 3.52. The first-order chi connectivity index (χ1) is 8.26. The van der Waals surface area contributed by atoms with Gasteiger partial charge >= 0.3 is 0 Å². The van der Waals surface area contributed by atoms with E-state index in [1.165, 1.54) is 19.3 Å². The van der Waals surface area contributed by atoms with Crippen molar-refractivity contribution in [3.63, 3.8) is 0 Å². The molecule has 2 nitrogen and oxygen atoms in total. The summed E-state index contributed by atoms with van der Waals surface area (Å²) in [6, 6.07) is 6.57. The molecule has 1 fully saturated rings. The Morgan fingerprint density at radius 3 is 3.00 bits per heavy atom. The van der Waals surface area contributed by atoms with Gasteiger partial charge in [0, 0.05) is 28.3 Å². The zero-order chi connectivity index (χ0) is 12.3. The van der Waals surface area contributed by atoms with Crippen LogP contribution in [0.4, 0.5) is 5.69 Å². The lowest BCUT2D eigenvalue weighted by atomic mass is 9.98. The molecule has 0 bridgehead atoms. The molecule has 0 N–H and O–H groups in total. The third kappa shape index (κ3) is 2.71. The van der Waals surface area contributed by atoms with Crippen molar-refractivity contribution >= 4 is 27.9 Å². The zero-order valence-electron chi connectivity index (χ0n) is 10.2. The van der Waals surface area contributed by atoms with Crippen LogP contribution in [0.3, 0.4) is 0 Å². The van der Waals surface area contributed by atoms with Crippen LogP contribution in [0.5, 0.6) is 0 Å². The molecule has 1 aliphatic heterocycles. The molecule has 2 rings (SSSR count). The molecule has 1 aliphatic rings. The lowest BCUT2D eigenvalue weighted by Gasteiger charge is -2.37. The summed E-state index contributed by atoms with van der Waals surface area (Å²) in [5.74, 6) is 0. The van der Waals surface area contributed by atoms with Gasteiger partial charge in [0.15, 0.2) is 6.29 Å². The van der Waals surface area contributed by atoms with Crippen LogP contribution in [-0.2, 0) is 0 Å². The van der Waals surface area contributed by atoms with E-state index < -0.39 is 0 Å². The topological polar surface area (TPSA) is 20.3 Å². The molecule has 0 saturated carbocycles. The normalized spacial score (nSPS) is 20.4. The molecule has 1 saturated heterocycles. The summed E-state index contributed by atoms with van der Waals surface area (Å²) >= 11 is 3.42. The minimum atomic E-state index is 0.587. The molecular formula is C14H18BrNO. The molecule has 0 spiro atoms. The van der Waals surface area contributed by atoms with Gasteiger partial charge in [-0.3, -0.25) is 4.79 Å². The average Bonchev–Trinajstić information content (AvgIpc) is 2.38. The Balaban J connectivity index is 2.34. The molecule has 0 radical (unpaired) electrons. The van der Waals surface area contributed by atoms with Crippen LogP contribution in [0, 0.1) is 0 Å². The number of carbonyl (C=O) groups excluding carboxylic acids is 1. The zero-order valence-corrected chi connectivity index (χ0v) is 11.7. The Hall–Kier alpha value is -0.830. The highest BCUT2D eigenvalue weighted by Crippen LogP contribution is 2.30. The van der Waals surface area contributed by atoms with Crippen molar-refractivity contribution in [2.75, 3.05) is 11.4 Å². The Bertz CT molecular complexity index is 405. The molecule has 1 unspecified atom stereocenters. The van der Waals surface area contributed by atoms with Crippen LogP contribution < -0.4 is 4.90 Å². The summed E-state index contributed by atoms with van der Waals surface area (Å²) in [6.45, 7) is 3.30. The molecule has 1 atom stereocenters. The van der Waals surface area contributed by atoms with Crippen molar-refractivity contribution in [1.29, 1.82) is 0 Å². The summed E-state index contributed by atoms with van der Waals surface area (Å²) in [6.07, 6.45) is 5.88. The summed E-state index contributed by atoms with van der Waals surface area (Å²) in [7, 11) is 0. The Kier molecular flexibility index (Phi) is 4.21. The van der Waals surface area contributed by atoms with Gasteiger partial charge in [-0.05, 0) is 43.9 Å². The highest BCUT2D eigenvalue weighted by molar-refractivity contribution is 9.10. The van der Waals surface area contributed by atoms with E-state index in [1.807, 2.05) is 12.1 Å². The van der Waals surface area contributed by atoms with Gasteiger partial charge in [0.2, 0.25) is 0 Å². The van der Waals surface area contributed by atoms with E-state index in [-0.39, 0.29) is 0 Å². The first-order valence-electron chi connectivity index (χ1n) is 6.27. The van der Waals surface area contributed by atoms with E-state index in [9.17, 15) is 4.79 Å². The van der Waals surface area contributed by atoms with Gasteiger partial charge in [0.25, 0.3) is 0 Å². The van der Waals surface area contributed by atoms with Gasteiger partial charge in [-0.15, -0.1) is 0 Å². The van der Waals surface area contributed by atoms with E-state index in [4.69, 9.17) is 0 Å². The molecular weight excluding hydrogens is 278 g/mol. The summed E-state index contributed by atoms with van der Waals surface area (Å²) < 4.78 is 0.966. The van der Waals surface area contributed by atoms with Crippen LogP contribution in [0.2, 0.25) is 0 Å². The smallest absolute Gasteiger partial charge is 0.152 e. The number of anilines is 1. The number of benzene rings is 1. The predicted octanol–water partition coefficient (Wildman–Crippen LogP) is 4.03. The van der Waals surface area contributed by atoms with Gasteiger partial charge in [0.1, 0.15) is 0 Å². The van der Waals surface area contributed by atoms with Crippen LogP contribution in [0.25, 0.3) is 0 Å². The maximum Gasteiger partial charge on any atom is 0.152 e. The molecule has 1 aromatic carbocycles. The van der Waals surface area contributed by atoms with Crippen LogP contribution in [0.15, 0.2) is 22.7 Å².